The van der Waals surface area contributed by atoms with Crippen molar-refractivity contribution in [3.63, 3.8) is 0 Å². The SMILES string of the molecule is COC(=O)C(C)Nc1cccc(NC(=O)C2CCCCC2)c1. The molecule has 1 fully saturated rings. The van der Waals surface area contributed by atoms with Gasteiger partial charge in [-0.2, -0.15) is 0 Å². The fraction of sp³-hybridized carbons (Fsp3) is 0.529. The number of amides is 1. The zero-order valence-corrected chi connectivity index (χ0v) is 13.2. The fourth-order valence-electron chi connectivity index (χ4n) is 2.78. The molecule has 0 spiro atoms. The van der Waals surface area contributed by atoms with Crippen LogP contribution in [0.2, 0.25) is 0 Å². The Balaban J connectivity index is 1.95. The molecule has 0 aliphatic heterocycles. The lowest BCUT2D eigenvalue weighted by molar-refractivity contribution is -0.141. The molecule has 22 heavy (non-hydrogen) atoms. The van der Waals surface area contributed by atoms with Crippen molar-refractivity contribution < 1.29 is 14.3 Å². The van der Waals surface area contributed by atoms with Crippen molar-refractivity contribution in [1.82, 2.24) is 0 Å². The number of hydrogen-bond acceptors (Lipinski definition) is 4. The van der Waals surface area contributed by atoms with Crippen molar-refractivity contribution >= 4 is 23.3 Å². The Hall–Kier alpha value is -2.04. The standard InChI is InChI=1S/C17H24N2O3/c1-12(17(21)22-2)18-14-9-6-10-15(11-14)19-16(20)13-7-4-3-5-8-13/h6,9-13,18H,3-5,7-8H2,1-2H3,(H,19,20). The van der Waals surface area contributed by atoms with Crippen LogP contribution in [0.5, 0.6) is 0 Å². The van der Waals surface area contributed by atoms with E-state index in [9.17, 15) is 9.59 Å². The fourth-order valence-corrected chi connectivity index (χ4v) is 2.78. The van der Waals surface area contributed by atoms with Crippen molar-refractivity contribution in [1.29, 1.82) is 0 Å². The third kappa shape index (κ3) is 4.48. The predicted molar refractivity (Wildman–Crippen MR) is 86.7 cm³/mol. The predicted octanol–water partition coefficient (Wildman–Crippen LogP) is 3.18. The van der Waals surface area contributed by atoms with Crippen molar-refractivity contribution in [2.24, 2.45) is 5.92 Å². The van der Waals surface area contributed by atoms with E-state index in [4.69, 9.17) is 0 Å². The van der Waals surface area contributed by atoms with Gasteiger partial charge >= 0.3 is 5.97 Å². The summed E-state index contributed by atoms with van der Waals surface area (Å²) in [6, 6.07) is 6.96. The highest BCUT2D eigenvalue weighted by Crippen LogP contribution is 2.25. The maximum Gasteiger partial charge on any atom is 0.327 e. The number of nitrogens with one attached hydrogen (secondary N) is 2. The van der Waals surface area contributed by atoms with Crippen molar-refractivity contribution in [2.45, 2.75) is 45.1 Å². The van der Waals surface area contributed by atoms with Crippen LogP contribution >= 0.6 is 0 Å². The molecule has 2 N–H and O–H groups in total. The molecule has 1 aliphatic rings. The summed E-state index contributed by atoms with van der Waals surface area (Å²) in [5.74, 6) is -0.103. The van der Waals surface area contributed by atoms with E-state index in [1.807, 2.05) is 24.3 Å². The number of methoxy groups -OCH3 is 1. The highest BCUT2D eigenvalue weighted by Gasteiger charge is 2.21. The summed E-state index contributed by atoms with van der Waals surface area (Å²) in [6.45, 7) is 1.74. The van der Waals surface area contributed by atoms with Crippen LogP contribution < -0.4 is 10.6 Å². The largest absolute Gasteiger partial charge is 0.467 e. The van der Waals surface area contributed by atoms with E-state index in [0.717, 1.165) is 37.1 Å². The summed E-state index contributed by atoms with van der Waals surface area (Å²) in [7, 11) is 1.36. The van der Waals surface area contributed by atoms with Gasteiger partial charge in [-0.05, 0) is 38.0 Å². The Morgan fingerprint density at radius 3 is 2.55 bits per heavy atom. The maximum absolute atomic E-state index is 12.2. The summed E-state index contributed by atoms with van der Waals surface area (Å²) in [5, 5.41) is 6.03. The molecule has 0 aromatic heterocycles. The quantitative estimate of drug-likeness (QED) is 0.820. The van der Waals surface area contributed by atoms with Gasteiger partial charge in [-0.3, -0.25) is 4.79 Å². The number of carbonyl (C=O) groups is 2. The van der Waals surface area contributed by atoms with Gasteiger partial charge in [0.2, 0.25) is 5.91 Å². The van der Waals surface area contributed by atoms with E-state index in [-0.39, 0.29) is 17.8 Å². The van der Waals surface area contributed by atoms with Crippen molar-refractivity contribution in [3.05, 3.63) is 24.3 Å². The summed E-state index contributed by atoms with van der Waals surface area (Å²) < 4.78 is 4.69. The van der Waals surface area contributed by atoms with E-state index in [1.54, 1.807) is 6.92 Å². The molecule has 2 rings (SSSR count). The van der Waals surface area contributed by atoms with Gasteiger partial charge in [-0.15, -0.1) is 0 Å². The second-order valence-corrected chi connectivity index (χ2v) is 5.79. The molecular formula is C17H24N2O3. The molecule has 1 aromatic rings. The normalized spacial score (nSPS) is 16.6. The first-order valence-electron chi connectivity index (χ1n) is 7.85. The van der Waals surface area contributed by atoms with Gasteiger partial charge in [-0.1, -0.05) is 25.3 Å². The lowest BCUT2D eigenvalue weighted by atomic mass is 9.88. The van der Waals surface area contributed by atoms with Gasteiger partial charge in [0.05, 0.1) is 7.11 Å². The topological polar surface area (TPSA) is 67.4 Å². The zero-order chi connectivity index (χ0) is 15.9. The van der Waals surface area contributed by atoms with E-state index in [1.165, 1.54) is 13.5 Å². The number of carbonyl (C=O) groups excluding carboxylic acids is 2. The minimum Gasteiger partial charge on any atom is -0.467 e. The second-order valence-electron chi connectivity index (χ2n) is 5.79. The summed E-state index contributed by atoms with van der Waals surface area (Å²) in [5.41, 5.74) is 1.52. The molecule has 1 unspecified atom stereocenters. The molecular weight excluding hydrogens is 280 g/mol. The van der Waals surface area contributed by atoms with Crippen LogP contribution in [-0.4, -0.2) is 25.0 Å². The Bertz CT molecular complexity index is 524. The molecule has 1 aliphatic carbocycles. The smallest absolute Gasteiger partial charge is 0.327 e. The first-order valence-corrected chi connectivity index (χ1v) is 7.85. The first kappa shape index (κ1) is 16.3. The molecule has 5 heteroatoms. The minimum absolute atomic E-state index is 0.0952. The van der Waals surface area contributed by atoms with Gasteiger partial charge in [0.1, 0.15) is 6.04 Å². The lowest BCUT2D eigenvalue weighted by Crippen LogP contribution is -2.27. The summed E-state index contributed by atoms with van der Waals surface area (Å²) in [4.78, 5) is 23.7. The van der Waals surface area contributed by atoms with Crippen LogP contribution in [0.25, 0.3) is 0 Å². The monoisotopic (exact) mass is 304 g/mol. The molecule has 1 saturated carbocycles. The number of ether oxygens (including phenoxy) is 1. The zero-order valence-electron chi connectivity index (χ0n) is 13.2. The Morgan fingerprint density at radius 2 is 1.86 bits per heavy atom. The third-order valence-electron chi connectivity index (χ3n) is 4.04. The highest BCUT2D eigenvalue weighted by atomic mass is 16.5. The van der Waals surface area contributed by atoms with Gasteiger partial charge in [0.25, 0.3) is 0 Å². The van der Waals surface area contributed by atoms with E-state index >= 15 is 0 Å². The lowest BCUT2D eigenvalue weighted by Gasteiger charge is -2.21. The van der Waals surface area contributed by atoms with Crippen LogP contribution in [0.15, 0.2) is 24.3 Å². The van der Waals surface area contributed by atoms with E-state index < -0.39 is 6.04 Å². The first-order chi connectivity index (χ1) is 10.6. The Kier molecular flexibility index (Phi) is 5.81. The molecule has 0 heterocycles. The number of rotatable bonds is 5. The number of benzene rings is 1. The molecule has 1 atom stereocenters. The van der Waals surface area contributed by atoms with E-state index in [0.29, 0.717) is 0 Å². The van der Waals surface area contributed by atoms with Crippen LogP contribution in [0.1, 0.15) is 39.0 Å². The maximum atomic E-state index is 12.2. The van der Waals surface area contributed by atoms with Crippen LogP contribution in [0, 0.1) is 5.92 Å². The van der Waals surface area contributed by atoms with E-state index in [2.05, 4.69) is 15.4 Å². The summed E-state index contributed by atoms with van der Waals surface area (Å²) >= 11 is 0. The van der Waals surface area contributed by atoms with Gasteiger partial charge in [0, 0.05) is 17.3 Å². The van der Waals surface area contributed by atoms with Crippen LogP contribution in [-0.2, 0) is 14.3 Å². The van der Waals surface area contributed by atoms with Crippen LogP contribution in [0.4, 0.5) is 11.4 Å². The average Bonchev–Trinajstić information content (AvgIpc) is 2.55. The third-order valence-corrected chi connectivity index (χ3v) is 4.04. The molecule has 0 bridgehead atoms. The molecule has 1 aromatic carbocycles. The average molecular weight is 304 g/mol. The molecule has 1 amide bonds. The number of anilines is 2. The molecule has 0 radical (unpaired) electrons. The molecule has 120 valence electrons. The van der Waals surface area contributed by atoms with Crippen molar-refractivity contribution in [2.75, 3.05) is 17.7 Å². The second kappa shape index (κ2) is 7.82. The molecule has 0 saturated heterocycles. The van der Waals surface area contributed by atoms with Gasteiger partial charge in [0.15, 0.2) is 0 Å². The Labute approximate surface area is 131 Å². The Morgan fingerprint density at radius 1 is 1.18 bits per heavy atom. The minimum atomic E-state index is -0.436. The van der Waals surface area contributed by atoms with Gasteiger partial charge < -0.3 is 15.4 Å². The van der Waals surface area contributed by atoms with Crippen LogP contribution in [0.3, 0.4) is 0 Å². The van der Waals surface area contributed by atoms with Crippen molar-refractivity contribution in [3.8, 4) is 0 Å². The number of hydrogen-bond donors (Lipinski definition) is 2. The van der Waals surface area contributed by atoms with Gasteiger partial charge in [-0.25, -0.2) is 4.79 Å². The number of esters is 1. The molecule has 5 nitrogen and oxygen atoms in total. The highest BCUT2D eigenvalue weighted by molar-refractivity contribution is 5.93. The summed E-state index contributed by atoms with van der Waals surface area (Å²) in [6.07, 6.45) is 5.45.